The third kappa shape index (κ3) is 2.41. The van der Waals surface area contributed by atoms with Gasteiger partial charge in [-0.2, -0.15) is 5.26 Å². The highest BCUT2D eigenvalue weighted by Crippen LogP contribution is 2.38. The molecule has 1 amide bonds. The summed E-state index contributed by atoms with van der Waals surface area (Å²) in [6.07, 6.45) is 0. The molecule has 0 unspecified atom stereocenters. The number of rotatable bonds is 3. The van der Waals surface area contributed by atoms with E-state index in [4.69, 9.17) is 4.74 Å². The van der Waals surface area contributed by atoms with E-state index in [1.54, 1.807) is 0 Å². The Morgan fingerprint density at radius 1 is 1.28 bits per heavy atom. The molecule has 0 bridgehead atoms. The SMILES string of the molecule is CCOc1cccc([C@H]2[C@H](C#N)C(=O)Nc3nc4ccccc4n32)c1. The number of nitrogens with one attached hydrogen (secondary N) is 1. The van der Waals surface area contributed by atoms with Crippen LogP contribution in [0.1, 0.15) is 18.5 Å². The maximum Gasteiger partial charge on any atom is 0.246 e. The third-order valence-electron chi connectivity index (χ3n) is 4.36. The van der Waals surface area contributed by atoms with Crippen LogP contribution in [0.2, 0.25) is 0 Å². The van der Waals surface area contributed by atoms with Crippen LogP contribution in [0.3, 0.4) is 0 Å². The highest BCUT2D eigenvalue weighted by Gasteiger charge is 2.38. The van der Waals surface area contributed by atoms with Crippen molar-refractivity contribution in [3.05, 3.63) is 54.1 Å². The Bertz CT molecular complexity index is 1000. The summed E-state index contributed by atoms with van der Waals surface area (Å²) in [5.41, 5.74) is 2.50. The number of ether oxygens (including phenoxy) is 1. The van der Waals surface area contributed by atoms with Gasteiger partial charge in [0, 0.05) is 0 Å². The fourth-order valence-electron chi connectivity index (χ4n) is 3.32. The lowest BCUT2D eigenvalue weighted by Crippen LogP contribution is -2.37. The molecule has 1 aromatic heterocycles. The molecule has 1 N–H and O–H groups in total. The molecule has 3 aromatic rings. The Morgan fingerprint density at radius 3 is 2.92 bits per heavy atom. The first-order valence-corrected chi connectivity index (χ1v) is 8.13. The minimum atomic E-state index is -0.845. The van der Waals surface area contributed by atoms with Gasteiger partial charge in [-0.15, -0.1) is 0 Å². The molecule has 2 heterocycles. The Morgan fingerprint density at radius 2 is 2.12 bits per heavy atom. The molecular formula is C19H16N4O2. The molecule has 1 aliphatic rings. The summed E-state index contributed by atoms with van der Waals surface area (Å²) < 4.78 is 7.51. The highest BCUT2D eigenvalue weighted by molar-refractivity contribution is 5.97. The predicted octanol–water partition coefficient (Wildman–Crippen LogP) is 3.12. The summed E-state index contributed by atoms with van der Waals surface area (Å²) >= 11 is 0. The van der Waals surface area contributed by atoms with E-state index in [0.29, 0.717) is 18.3 Å². The van der Waals surface area contributed by atoms with Gasteiger partial charge in [0.05, 0.1) is 29.8 Å². The molecule has 0 spiro atoms. The van der Waals surface area contributed by atoms with Crippen LogP contribution in [0.25, 0.3) is 11.0 Å². The van der Waals surface area contributed by atoms with Gasteiger partial charge in [-0.1, -0.05) is 24.3 Å². The fourth-order valence-corrected chi connectivity index (χ4v) is 3.32. The lowest BCUT2D eigenvalue weighted by molar-refractivity contribution is -0.119. The van der Waals surface area contributed by atoms with Crippen LogP contribution < -0.4 is 10.1 Å². The van der Waals surface area contributed by atoms with Crippen LogP contribution in [0, 0.1) is 17.2 Å². The molecule has 0 fully saturated rings. The molecule has 124 valence electrons. The molecule has 2 atom stereocenters. The van der Waals surface area contributed by atoms with E-state index in [9.17, 15) is 10.1 Å². The summed E-state index contributed by atoms with van der Waals surface area (Å²) in [4.78, 5) is 16.9. The normalized spacial score (nSPS) is 19.1. The van der Waals surface area contributed by atoms with Gasteiger partial charge in [0.2, 0.25) is 11.9 Å². The van der Waals surface area contributed by atoms with Gasteiger partial charge in [0.15, 0.2) is 5.92 Å². The van der Waals surface area contributed by atoms with Crippen LogP contribution in [0.4, 0.5) is 5.95 Å². The Labute approximate surface area is 144 Å². The molecule has 2 aromatic carbocycles. The van der Waals surface area contributed by atoms with Crippen LogP contribution in [0.5, 0.6) is 5.75 Å². The zero-order valence-corrected chi connectivity index (χ0v) is 13.6. The first-order valence-electron chi connectivity index (χ1n) is 8.13. The average molecular weight is 332 g/mol. The predicted molar refractivity (Wildman–Crippen MR) is 93.2 cm³/mol. The van der Waals surface area contributed by atoms with Crippen molar-refractivity contribution in [3.63, 3.8) is 0 Å². The number of carbonyl (C=O) groups excluding carboxylic acids is 1. The number of para-hydroxylation sites is 2. The Kier molecular flexibility index (Phi) is 3.62. The van der Waals surface area contributed by atoms with E-state index in [0.717, 1.165) is 16.6 Å². The van der Waals surface area contributed by atoms with E-state index in [1.165, 1.54) is 0 Å². The third-order valence-corrected chi connectivity index (χ3v) is 4.36. The van der Waals surface area contributed by atoms with E-state index in [1.807, 2.05) is 60.0 Å². The second-order valence-electron chi connectivity index (χ2n) is 5.84. The number of amides is 1. The number of hydrogen-bond acceptors (Lipinski definition) is 4. The van der Waals surface area contributed by atoms with Crippen molar-refractivity contribution in [2.45, 2.75) is 13.0 Å². The average Bonchev–Trinajstić information content (AvgIpc) is 2.98. The van der Waals surface area contributed by atoms with Gasteiger partial charge >= 0.3 is 0 Å². The number of aromatic nitrogens is 2. The molecule has 6 nitrogen and oxygen atoms in total. The van der Waals surface area contributed by atoms with Crippen molar-refractivity contribution in [1.29, 1.82) is 5.26 Å². The van der Waals surface area contributed by atoms with Crippen molar-refractivity contribution >= 4 is 22.9 Å². The fraction of sp³-hybridized carbons (Fsp3) is 0.211. The molecule has 0 saturated heterocycles. The minimum Gasteiger partial charge on any atom is -0.494 e. The van der Waals surface area contributed by atoms with Crippen LogP contribution in [-0.4, -0.2) is 22.1 Å². The second-order valence-corrected chi connectivity index (χ2v) is 5.84. The van der Waals surface area contributed by atoms with Crippen LogP contribution in [-0.2, 0) is 4.79 Å². The summed E-state index contributed by atoms with van der Waals surface area (Å²) in [6, 6.07) is 16.9. The highest BCUT2D eigenvalue weighted by atomic mass is 16.5. The summed E-state index contributed by atoms with van der Waals surface area (Å²) in [5, 5.41) is 12.4. The van der Waals surface area contributed by atoms with E-state index < -0.39 is 12.0 Å². The summed E-state index contributed by atoms with van der Waals surface area (Å²) in [5.74, 6) is -0.00254. The molecule has 0 aliphatic carbocycles. The number of nitrogens with zero attached hydrogens (tertiary/aromatic N) is 3. The topological polar surface area (TPSA) is 79.9 Å². The van der Waals surface area contributed by atoms with Crippen molar-refractivity contribution in [2.24, 2.45) is 5.92 Å². The standard InChI is InChI=1S/C19H16N4O2/c1-2-25-13-7-5-6-12(10-13)17-14(11-20)18(24)22-19-21-15-8-3-4-9-16(15)23(17)19/h3-10,14,17H,2H2,1H3,(H,21,22,24)/t14-,17-/m0/s1. The number of carbonyl (C=O) groups is 1. The largest absolute Gasteiger partial charge is 0.494 e. The molecule has 0 saturated carbocycles. The van der Waals surface area contributed by atoms with Gasteiger partial charge in [-0.05, 0) is 36.8 Å². The monoisotopic (exact) mass is 332 g/mol. The number of imidazole rings is 1. The lowest BCUT2D eigenvalue weighted by atomic mass is 9.91. The van der Waals surface area contributed by atoms with Gasteiger partial charge in [-0.3, -0.25) is 10.1 Å². The number of fused-ring (bicyclic) bond motifs is 3. The summed E-state index contributed by atoms with van der Waals surface area (Å²) in [6.45, 7) is 2.47. The molecule has 0 radical (unpaired) electrons. The van der Waals surface area contributed by atoms with Gasteiger partial charge in [-0.25, -0.2) is 4.98 Å². The van der Waals surface area contributed by atoms with E-state index >= 15 is 0 Å². The van der Waals surface area contributed by atoms with Crippen molar-refractivity contribution in [1.82, 2.24) is 9.55 Å². The van der Waals surface area contributed by atoms with Gasteiger partial charge in [0.25, 0.3) is 0 Å². The number of nitriles is 1. The van der Waals surface area contributed by atoms with E-state index in [-0.39, 0.29) is 5.91 Å². The molecule has 4 rings (SSSR count). The van der Waals surface area contributed by atoms with Crippen LogP contribution >= 0.6 is 0 Å². The quantitative estimate of drug-likeness (QED) is 0.799. The maximum atomic E-state index is 12.4. The molecule has 25 heavy (non-hydrogen) atoms. The van der Waals surface area contributed by atoms with Crippen LogP contribution in [0.15, 0.2) is 48.5 Å². The van der Waals surface area contributed by atoms with E-state index in [2.05, 4.69) is 16.4 Å². The van der Waals surface area contributed by atoms with Gasteiger partial charge < -0.3 is 9.30 Å². The Balaban J connectivity index is 1.95. The van der Waals surface area contributed by atoms with Crippen molar-refractivity contribution in [2.75, 3.05) is 11.9 Å². The minimum absolute atomic E-state index is 0.336. The first kappa shape index (κ1) is 15.2. The first-order chi connectivity index (χ1) is 12.2. The molecule has 6 heteroatoms. The van der Waals surface area contributed by atoms with Crippen molar-refractivity contribution < 1.29 is 9.53 Å². The second kappa shape index (κ2) is 5.95. The molecule has 1 aliphatic heterocycles. The smallest absolute Gasteiger partial charge is 0.246 e. The number of hydrogen-bond donors (Lipinski definition) is 1. The van der Waals surface area contributed by atoms with Gasteiger partial charge in [0.1, 0.15) is 5.75 Å². The zero-order chi connectivity index (χ0) is 17.4. The maximum absolute atomic E-state index is 12.4. The Hall–Kier alpha value is -3.33. The van der Waals surface area contributed by atoms with Crippen molar-refractivity contribution in [3.8, 4) is 11.8 Å². The summed E-state index contributed by atoms with van der Waals surface area (Å²) in [7, 11) is 0. The number of benzene rings is 2. The number of anilines is 1. The zero-order valence-electron chi connectivity index (χ0n) is 13.6. The molecular weight excluding hydrogens is 316 g/mol. The lowest BCUT2D eigenvalue weighted by Gasteiger charge is -2.30.